The molecule has 3 heteroatoms. The molecule has 0 aromatic heterocycles. The maximum atomic E-state index is 12.1. The maximum Gasteiger partial charge on any atom is 0.220 e. The number of nitrogens with two attached hydrogens (primary N) is 1. The minimum Gasteiger partial charge on any atom is -0.353 e. The molecule has 2 saturated carbocycles. The fourth-order valence-corrected chi connectivity index (χ4v) is 3.52. The van der Waals surface area contributed by atoms with Gasteiger partial charge in [-0.3, -0.25) is 4.79 Å². The Kier molecular flexibility index (Phi) is 5.04. The van der Waals surface area contributed by atoms with Crippen LogP contribution in [0.25, 0.3) is 0 Å². The number of carbonyl (C=O) groups is 1. The predicted molar refractivity (Wildman–Crippen MR) is 74.1 cm³/mol. The highest BCUT2D eigenvalue weighted by Gasteiger charge is 2.27. The molecule has 2 aliphatic carbocycles. The number of hydrogen-bond acceptors (Lipinski definition) is 2. The quantitative estimate of drug-likeness (QED) is 0.811. The lowest BCUT2D eigenvalue weighted by atomic mass is 9.82. The molecule has 3 N–H and O–H groups in total. The van der Waals surface area contributed by atoms with Gasteiger partial charge in [-0.15, -0.1) is 0 Å². The van der Waals surface area contributed by atoms with Crippen LogP contribution in [0.1, 0.15) is 64.7 Å². The zero-order chi connectivity index (χ0) is 13.0. The van der Waals surface area contributed by atoms with Gasteiger partial charge in [-0.2, -0.15) is 0 Å². The van der Waals surface area contributed by atoms with Crippen molar-refractivity contribution in [1.82, 2.24) is 5.32 Å². The first-order valence-electron chi connectivity index (χ1n) is 7.71. The summed E-state index contributed by atoms with van der Waals surface area (Å²) in [6, 6.07) is 0.652. The van der Waals surface area contributed by atoms with Gasteiger partial charge in [0.2, 0.25) is 5.91 Å². The molecule has 0 spiro atoms. The van der Waals surface area contributed by atoms with E-state index in [4.69, 9.17) is 5.73 Å². The molecule has 2 aliphatic rings. The van der Waals surface area contributed by atoms with Crippen molar-refractivity contribution in [2.75, 3.05) is 0 Å². The zero-order valence-corrected chi connectivity index (χ0v) is 11.7. The first-order valence-corrected chi connectivity index (χ1v) is 7.71. The van der Waals surface area contributed by atoms with Crippen LogP contribution in [0.2, 0.25) is 0 Å². The van der Waals surface area contributed by atoms with E-state index in [1.54, 1.807) is 0 Å². The minimum atomic E-state index is 0.233. The Morgan fingerprint density at radius 2 is 1.78 bits per heavy atom. The van der Waals surface area contributed by atoms with Crippen LogP contribution in [0.4, 0.5) is 0 Å². The number of carbonyl (C=O) groups excluding carboxylic acids is 1. The van der Waals surface area contributed by atoms with E-state index < -0.39 is 0 Å². The fourth-order valence-electron chi connectivity index (χ4n) is 3.52. The van der Waals surface area contributed by atoms with Crippen LogP contribution < -0.4 is 11.1 Å². The second kappa shape index (κ2) is 6.55. The second-order valence-electron chi connectivity index (χ2n) is 6.35. The second-order valence-corrected chi connectivity index (χ2v) is 6.35. The largest absolute Gasteiger partial charge is 0.353 e. The molecule has 3 nitrogen and oxygen atoms in total. The predicted octanol–water partition coefficient (Wildman–Crippen LogP) is 2.59. The molecule has 0 saturated heterocycles. The van der Waals surface area contributed by atoms with Gasteiger partial charge in [0, 0.05) is 18.5 Å². The molecule has 4 unspecified atom stereocenters. The Morgan fingerprint density at radius 3 is 2.50 bits per heavy atom. The maximum absolute atomic E-state index is 12.1. The van der Waals surface area contributed by atoms with Crippen LogP contribution in [-0.2, 0) is 4.79 Å². The van der Waals surface area contributed by atoms with Crippen molar-refractivity contribution in [3.63, 3.8) is 0 Å². The Balaban J connectivity index is 1.77. The summed E-state index contributed by atoms with van der Waals surface area (Å²) in [5.41, 5.74) is 6.11. The van der Waals surface area contributed by atoms with E-state index in [-0.39, 0.29) is 11.9 Å². The van der Waals surface area contributed by atoms with E-state index in [9.17, 15) is 4.79 Å². The summed E-state index contributed by atoms with van der Waals surface area (Å²) >= 11 is 0. The van der Waals surface area contributed by atoms with Gasteiger partial charge >= 0.3 is 0 Å². The third-order valence-electron chi connectivity index (χ3n) is 4.87. The third-order valence-corrected chi connectivity index (χ3v) is 4.87. The number of rotatable bonds is 3. The highest BCUT2D eigenvalue weighted by atomic mass is 16.1. The van der Waals surface area contributed by atoms with Crippen molar-refractivity contribution in [2.45, 2.75) is 76.8 Å². The minimum absolute atomic E-state index is 0.233. The number of nitrogens with one attached hydrogen (secondary N) is 1. The summed E-state index contributed by atoms with van der Waals surface area (Å²) < 4.78 is 0. The van der Waals surface area contributed by atoms with Crippen molar-refractivity contribution in [2.24, 2.45) is 17.6 Å². The highest BCUT2D eigenvalue weighted by Crippen LogP contribution is 2.27. The van der Waals surface area contributed by atoms with E-state index in [0.717, 1.165) is 19.3 Å². The van der Waals surface area contributed by atoms with Crippen LogP contribution in [0.3, 0.4) is 0 Å². The molecule has 2 fully saturated rings. The van der Waals surface area contributed by atoms with E-state index >= 15 is 0 Å². The van der Waals surface area contributed by atoms with Gasteiger partial charge < -0.3 is 11.1 Å². The molecule has 0 heterocycles. The first kappa shape index (κ1) is 13.9. The molecule has 0 aromatic carbocycles. The van der Waals surface area contributed by atoms with Gasteiger partial charge in [0.25, 0.3) is 0 Å². The van der Waals surface area contributed by atoms with Crippen LogP contribution in [0.15, 0.2) is 0 Å². The monoisotopic (exact) mass is 252 g/mol. The molecule has 18 heavy (non-hydrogen) atoms. The average Bonchev–Trinajstić information content (AvgIpc) is 2.35. The Labute approximate surface area is 111 Å². The van der Waals surface area contributed by atoms with E-state index in [1.165, 1.54) is 32.1 Å². The van der Waals surface area contributed by atoms with Gasteiger partial charge in [0.05, 0.1) is 0 Å². The third kappa shape index (κ3) is 3.71. The first-order chi connectivity index (χ1) is 8.66. The SMILES string of the molecule is CC1CCCCC1NC(=O)CC1CCCCC1N. The van der Waals surface area contributed by atoms with E-state index in [1.807, 2.05) is 0 Å². The van der Waals surface area contributed by atoms with Crippen LogP contribution >= 0.6 is 0 Å². The Hall–Kier alpha value is -0.570. The summed E-state index contributed by atoms with van der Waals surface area (Å²) in [5, 5.41) is 3.24. The highest BCUT2D eigenvalue weighted by molar-refractivity contribution is 5.76. The van der Waals surface area contributed by atoms with Crippen LogP contribution in [0.5, 0.6) is 0 Å². The van der Waals surface area contributed by atoms with Gasteiger partial charge in [-0.05, 0) is 37.5 Å². The molecule has 4 atom stereocenters. The Bertz CT molecular complexity index is 254. The smallest absolute Gasteiger partial charge is 0.220 e. The molecular formula is C15H28N2O. The number of amides is 1. The summed E-state index contributed by atoms with van der Waals surface area (Å²) in [7, 11) is 0. The Morgan fingerprint density at radius 1 is 1.11 bits per heavy atom. The lowest BCUT2D eigenvalue weighted by molar-refractivity contribution is -0.123. The van der Waals surface area contributed by atoms with Crippen molar-refractivity contribution in [3.05, 3.63) is 0 Å². The van der Waals surface area contributed by atoms with E-state index in [0.29, 0.717) is 24.3 Å². The summed E-state index contributed by atoms with van der Waals surface area (Å²) in [5.74, 6) is 1.29. The average molecular weight is 252 g/mol. The molecule has 2 rings (SSSR count). The van der Waals surface area contributed by atoms with Gasteiger partial charge in [0.1, 0.15) is 0 Å². The molecule has 0 radical (unpaired) electrons. The van der Waals surface area contributed by atoms with E-state index in [2.05, 4.69) is 12.2 Å². The summed E-state index contributed by atoms with van der Waals surface area (Å²) in [4.78, 5) is 12.1. The summed E-state index contributed by atoms with van der Waals surface area (Å²) in [6.45, 7) is 2.26. The van der Waals surface area contributed by atoms with Gasteiger partial charge in [0.15, 0.2) is 0 Å². The van der Waals surface area contributed by atoms with Crippen molar-refractivity contribution in [3.8, 4) is 0 Å². The molecule has 0 aromatic rings. The molecular weight excluding hydrogens is 224 g/mol. The zero-order valence-electron chi connectivity index (χ0n) is 11.7. The van der Waals surface area contributed by atoms with Crippen LogP contribution in [0, 0.1) is 11.8 Å². The normalized spacial score (nSPS) is 37.2. The lowest BCUT2D eigenvalue weighted by Crippen LogP contribution is -2.43. The summed E-state index contributed by atoms with van der Waals surface area (Å²) in [6.07, 6.45) is 10.3. The van der Waals surface area contributed by atoms with Crippen molar-refractivity contribution in [1.29, 1.82) is 0 Å². The lowest BCUT2D eigenvalue weighted by Gasteiger charge is -2.32. The molecule has 0 bridgehead atoms. The number of hydrogen-bond donors (Lipinski definition) is 2. The molecule has 104 valence electrons. The van der Waals surface area contributed by atoms with Gasteiger partial charge in [-0.25, -0.2) is 0 Å². The van der Waals surface area contributed by atoms with Crippen LogP contribution in [-0.4, -0.2) is 18.0 Å². The molecule has 1 amide bonds. The standard InChI is InChI=1S/C15H28N2O/c1-11-6-2-5-9-14(11)17-15(18)10-12-7-3-4-8-13(12)16/h11-14H,2-10,16H2,1H3,(H,17,18). The molecule has 0 aliphatic heterocycles. The van der Waals surface area contributed by atoms with Crippen molar-refractivity contribution >= 4 is 5.91 Å². The topological polar surface area (TPSA) is 55.1 Å². The van der Waals surface area contributed by atoms with Crippen molar-refractivity contribution < 1.29 is 4.79 Å². The van der Waals surface area contributed by atoms with Gasteiger partial charge in [-0.1, -0.05) is 32.6 Å². The fraction of sp³-hybridized carbons (Fsp3) is 0.933.